The number of rotatable bonds is 8. The maximum Gasteiger partial charge on any atom is 0.252 e. The van der Waals surface area contributed by atoms with Crippen molar-refractivity contribution in [3.05, 3.63) is 336 Å². The van der Waals surface area contributed by atoms with Crippen molar-refractivity contribution < 1.29 is 4.74 Å². The molecule has 0 fully saturated rings. The molecule has 0 N–H and O–H groups in total. The Morgan fingerprint density at radius 1 is 0.312 bits per heavy atom. The van der Waals surface area contributed by atoms with Crippen LogP contribution >= 0.6 is 0 Å². The SMILES string of the molecule is CC(C)(C)c1cc2c3c(c1)N(c1ccccc1-c1ccccc1)c1cc4c(cc1B3c1ccc(-n3c5ccc(C(C)(C)C)cc5c5cc(C(C)(C)C)ccc53)cc1N2c1ccccc1-c1ccccc1)C(c1ccccc1)(c1ccccc1)c1ccc(-c2ccccc2)cc1O4. The Morgan fingerprint density at radius 2 is 0.760 bits per heavy atom. The van der Waals surface area contributed by atoms with Gasteiger partial charge in [-0.15, -0.1) is 0 Å². The van der Waals surface area contributed by atoms with Crippen molar-refractivity contribution in [2.24, 2.45) is 0 Å². The lowest BCUT2D eigenvalue weighted by atomic mass is 9.33. The zero-order valence-electron chi connectivity index (χ0n) is 56.1. The largest absolute Gasteiger partial charge is 0.457 e. The third-order valence-corrected chi connectivity index (χ3v) is 20.8. The summed E-state index contributed by atoms with van der Waals surface area (Å²) in [5, 5.41) is 2.53. The van der Waals surface area contributed by atoms with Crippen molar-refractivity contribution in [3.8, 4) is 50.6 Å². The molecule has 3 aliphatic rings. The number of fused-ring (bicyclic) bond motifs is 9. The summed E-state index contributed by atoms with van der Waals surface area (Å²) in [6.45, 7) is 20.8. The lowest BCUT2D eigenvalue weighted by Crippen LogP contribution is -2.62. The minimum atomic E-state index is -0.820. The monoisotopic (exact) mass is 1240 g/mol. The maximum absolute atomic E-state index is 7.72. The van der Waals surface area contributed by atoms with Crippen molar-refractivity contribution in [3.63, 3.8) is 0 Å². The van der Waals surface area contributed by atoms with E-state index in [2.05, 4.69) is 374 Å². The zero-order valence-corrected chi connectivity index (χ0v) is 56.1. The molecule has 0 spiro atoms. The van der Waals surface area contributed by atoms with Crippen LogP contribution in [0.2, 0.25) is 0 Å². The number of hydrogen-bond donors (Lipinski definition) is 0. The highest BCUT2D eigenvalue weighted by atomic mass is 16.5. The fraction of sp³-hybridized carbons (Fsp3) is 0.143. The van der Waals surface area contributed by atoms with Crippen LogP contribution < -0.4 is 30.9 Å². The van der Waals surface area contributed by atoms with E-state index in [1.54, 1.807) is 0 Å². The van der Waals surface area contributed by atoms with Gasteiger partial charge in [0.15, 0.2) is 0 Å². The molecule has 3 aliphatic heterocycles. The van der Waals surface area contributed by atoms with E-state index >= 15 is 0 Å². The van der Waals surface area contributed by atoms with Crippen LogP contribution in [-0.4, -0.2) is 11.3 Å². The number of benzene rings is 13. The van der Waals surface area contributed by atoms with Crippen LogP contribution in [0.3, 0.4) is 0 Å². The smallest absolute Gasteiger partial charge is 0.252 e. The summed E-state index contributed by atoms with van der Waals surface area (Å²) in [6.07, 6.45) is 0. The van der Waals surface area contributed by atoms with Gasteiger partial charge in [0.25, 0.3) is 6.71 Å². The van der Waals surface area contributed by atoms with Gasteiger partial charge in [0.2, 0.25) is 0 Å². The first-order valence-corrected chi connectivity index (χ1v) is 34.0. The number of aromatic nitrogens is 1. The molecule has 96 heavy (non-hydrogen) atoms. The van der Waals surface area contributed by atoms with Crippen LogP contribution in [0.4, 0.5) is 34.1 Å². The number of ether oxygens (including phenoxy) is 1. The van der Waals surface area contributed by atoms with Gasteiger partial charge >= 0.3 is 0 Å². The molecule has 0 bridgehead atoms. The third-order valence-electron chi connectivity index (χ3n) is 20.8. The second kappa shape index (κ2) is 22.1. The lowest BCUT2D eigenvalue weighted by molar-refractivity contribution is 0.435. The summed E-state index contributed by atoms with van der Waals surface area (Å²) in [4.78, 5) is 5.24. The van der Waals surface area contributed by atoms with Gasteiger partial charge in [-0.2, -0.15) is 0 Å². The van der Waals surface area contributed by atoms with Gasteiger partial charge in [-0.25, -0.2) is 0 Å². The molecule has 0 saturated carbocycles. The molecule has 0 aliphatic carbocycles. The predicted molar refractivity (Wildman–Crippen MR) is 406 cm³/mol. The average molecular weight is 1240 g/mol. The summed E-state index contributed by atoms with van der Waals surface area (Å²) in [5.74, 6) is 1.65. The Labute approximate surface area is 565 Å². The molecule has 14 aromatic rings. The van der Waals surface area contributed by atoms with E-state index in [1.165, 1.54) is 66.0 Å². The van der Waals surface area contributed by atoms with Crippen molar-refractivity contribution in [1.82, 2.24) is 4.57 Å². The molecule has 13 aromatic carbocycles. The van der Waals surface area contributed by atoms with Crippen LogP contribution in [0, 0.1) is 0 Å². The van der Waals surface area contributed by atoms with E-state index in [-0.39, 0.29) is 23.0 Å². The second-order valence-electron chi connectivity index (χ2n) is 29.7. The molecule has 0 amide bonds. The minimum absolute atomic E-state index is 0.0428. The Morgan fingerprint density at radius 3 is 1.26 bits per heavy atom. The molecule has 1 aromatic heterocycles. The van der Waals surface area contributed by atoms with E-state index in [4.69, 9.17) is 4.74 Å². The normalized spacial score (nSPS) is 13.8. The summed E-state index contributed by atoms with van der Waals surface area (Å²) in [6, 6.07) is 112. The summed E-state index contributed by atoms with van der Waals surface area (Å²) >= 11 is 0. The molecular weight excluding hydrogens is 1160 g/mol. The summed E-state index contributed by atoms with van der Waals surface area (Å²) in [7, 11) is 0. The zero-order chi connectivity index (χ0) is 65.4. The molecule has 0 atom stereocenters. The van der Waals surface area contributed by atoms with E-state index in [0.717, 1.165) is 95.8 Å². The van der Waals surface area contributed by atoms with Gasteiger partial charge in [-0.05, 0) is 149 Å². The van der Waals surface area contributed by atoms with Gasteiger partial charge in [-0.1, -0.05) is 287 Å². The van der Waals surface area contributed by atoms with Gasteiger partial charge in [0, 0.05) is 67.5 Å². The van der Waals surface area contributed by atoms with E-state index < -0.39 is 5.41 Å². The van der Waals surface area contributed by atoms with Crippen molar-refractivity contribution in [2.45, 2.75) is 84.0 Å². The van der Waals surface area contributed by atoms with Crippen LogP contribution in [-0.2, 0) is 21.7 Å². The first kappa shape index (κ1) is 58.9. The van der Waals surface area contributed by atoms with E-state index in [0.29, 0.717) is 0 Å². The predicted octanol–water partition coefficient (Wildman–Crippen LogP) is 22.2. The molecule has 4 nitrogen and oxygen atoms in total. The van der Waals surface area contributed by atoms with Crippen LogP contribution in [0.15, 0.2) is 297 Å². The summed E-state index contributed by atoms with van der Waals surface area (Å²) in [5.41, 5.74) is 27.9. The number of nitrogens with zero attached hydrogens (tertiary/aromatic N) is 3. The highest BCUT2D eigenvalue weighted by Crippen LogP contribution is 2.59. The Balaban J connectivity index is 1.02. The third kappa shape index (κ3) is 9.33. The highest BCUT2D eigenvalue weighted by molar-refractivity contribution is 7.00. The minimum Gasteiger partial charge on any atom is -0.457 e. The first-order chi connectivity index (χ1) is 46.5. The van der Waals surface area contributed by atoms with Gasteiger partial charge in [-0.3, -0.25) is 0 Å². The fourth-order valence-electron chi connectivity index (χ4n) is 15.9. The Bertz CT molecular complexity index is 5270. The van der Waals surface area contributed by atoms with E-state index in [1.807, 2.05) is 0 Å². The summed E-state index contributed by atoms with van der Waals surface area (Å²) < 4.78 is 10.3. The van der Waals surface area contributed by atoms with Crippen molar-refractivity contribution in [2.75, 3.05) is 9.80 Å². The second-order valence-corrected chi connectivity index (χ2v) is 29.7. The lowest BCUT2D eigenvalue weighted by Gasteiger charge is -2.47. The van der Waals surface area contributed by atoms with E-state index in [9.17, 15) is 0 Å². The molecule has 4 heterocycles. The standard InChI is InChI=1S/C91H76BN3O/c1-88(2,3)65-44-49-79-71(52-65)72-53-66(89(4,5)6)45-50-80(72)93(79)68-46-48-75-81(56-68)94(77-41-27-25-39-69(77)60-31-17-11-18-32-60)83-54-67(90(7,8)9)55-84-87(83)92(75)76-57-74-86(58-82(76)95(84)78-42-28-26-40-70(78)61-33-19-12-20-34-61)96-85-51-62(59-29-15-10-16-30-59)43-47-73(85)91(74,63-35-21-13-22-36-63)64-37-23-14-24-38-64/h10-58H,1-9H3. The number of hydrogen-bond acceptors (Lipinski definition) is 3. The molecule has 5 heteroatoms. The maximum atomic E-state index is 7.72. The van der Waals surface area contributed by atoms with Crippen LogP contribution in [0.25, 0.3) is 60.9 Å². The Kier molecular flexibility index (Phi) is 13.6. The number of para-hydroxylation sites is 2. The molecule has 0 radical (unpaired) electrons. The molecular formula is C91H76BN3O. The van der Waals surface area contributed by atoms with Gasteiger partial charge in [0.1, 0.15) is 11.5 Å². The van der Waals surface area contributed by atoms with Crippen molar-refractivity contribution in [1.29, 1.82) is 0 Å². The first-order valence-electron chi connectivity index (χ1n) is 34.0. The Hall–Kier alpha value is -10.9. The van der Waals surface area contributed by atoms with Gasteiger partial charge < -0.3 is 19.1 Å². The topological polar surface area (TPSA) is 20.6 Å². The average Bonchev–Trinajstić information content (AvgIpc) is 0.800. The van der Waals surface area contributed by atoms with Crippen LogP contribution in [0.1, 0.15) is 101 Å². The molecule has 0 unspecified atom stereocenters. The molecule has 17 rings (SSSR count). The van der Waals surface area contributed by atoms with Crippen molar-refractivity contribution >= 4 is 79.0 Å². The van der Waals surface area contributed by atoms with Crippen LogP contribution in [0.5, 0.6) is 11.5 Å². The fourth-order valence-corrected chi connectivity index (χ4v) is 15.9. The highest BCUT2D eigenvalue weighted by Gasteiger charge is 2.50. The van der Waals surface area contributed by atoms with Gasteiger partial charge in [0.05, 0.1) is 27.8 Å². The number of anilines is 6. The quantitative estimate of drug-likeness (QED) is 0.141. The molecule has 0 saturated heterocycles. The molecule has 464 valence electrons.